The number of aromatic nitrogens is 2. The molecular weight excluding hydrogens is 796 g/mol. The summed E-state index contributed by atoms with van der Waals surface area (Å²) >= 11 is 0. The minimum Gasteiger partial charge on any atom is -0.493 e. The third-order valence-electron chi connectivity index (χ3n) is 8.72. The number of nitrogens with zero attached hydrogens (tertiary/aromatic N) is 4. The molecule has 1 fully saturated rings. The lowest BCUT2D eigenvalue weighted by molar-refractivity contribution is -0.134. The molecule has 0 spiro atoms. The maximum atomic E-state index is 9.55. The largest absolute Gasteiger partial charge is 0.493 e. The number of hydrogen-bond acceptors (Lipinski definition) is 14. The number of rotatable bonds is 16. The lowest BCUT2D eigenvalue weighted by atomic mass is 10.1. The van der Waals surface area contributed by atoms with Crippen LogP contribution < -0.4 is 28.4 Å². The molecule has 1 aliphatic rings. The van der Waals surface area contributed by atoms with Crippen LogP contribution in [-0.2, 0) is 32.3 Å². The van der Waals surface area contributed by atoms with E-state index in [0.29, 0.717) is 58.8 Å². The predicted molar refractivity (Wildman–Crippen MR) is 223 cm³/mol. The molecule has 4 aromatic rings. The molecule has 326 valence electrons. The highest BCUT2D eigenvalue weighted by molar-refractivity contribution is 5.90. The zero-order valence-corrected chi connectivity index (χ0v) is 34.7. The fraction of sp³-hybridized carbons (Fsp3) is 0.302. The van der Waals surface area contributed by atoms with E-state index in [0.717, 1.165) is 79.6 Å². The molecule has 2 aromatic carbocycles. The fourth-order valence-electron chi connectivity index (χ4n) is 6.00. The normalized spacial score (nSPS) is 12.8. The van der Waals surface area contributed by atoms with Crippen LogP contribution >= 0.6 is 0 Å². The molecular formula is C43H50N4O14. The van der Waals surface area contributed by atoms with Gasteiger partial charge in [-0.25, -0.2) is 19.2 Å². The first kappa shape index (κ1) is 48.2. The lowest BCUT2D eigenvalue weighted by Gasteiger charge is -2.22. The first-order valence-electron chi connectivity index (χ1n) is 18.5. The van der Waals surface area contributed by atoms with Gasteiger partial charge in [0.15, 0.2) is 23.0 Å². The number of ether oxygens (including phenoxy) is 6. The molecule has 3 heterocycles. The van der Waals surface area contributed by atoms with Gasteiger partial charge in [0, 0.05) is 61.6 Å². The molecule has 4 N–H and O–H groups in total. The van der Waals surface area contributed by atoms with Gasteiger partial charge in [0.2, 0.25) is 11.5 Å². The van der Waals surface area contributed by atoms with Crippen molar-refractivity contribution in [1.82, 2.24) is 19.8 Å². The summed E-state index contributed by atoms with van der Waals surface area (Å²) < 4.78 is 33.2. The number of carboxylic acids is 4. The zero-order valence-electron chi connectivity index (χ0n) is 34.7. The van der Waals surface area contributed by atoms with Crippen molar-refractivity contribution < 1.29 is 68.0 Å². The second kappa shape index (κ2) is 24.7. The van der Waals surface area contributed by atoms with Crippen molar-refractivity contribution in [3.63, 3.8) is 0 Å². The molecule has 2 aromatic heterocycles. The maximum Gasteiger partial charge on any atom is 0.328 e. The molecule has 61 heavy (non-hydrogen) atoms. The second-order valence-corrected chi connectivity index (χ2v) is 12.8. The van der Waals surface area contributed by atoms with Gasteiger partial charge in [-0.1, -0.05) is 12.1 Å². The van der Waals surface area contributed by atoms with Crippen molar-refractivity contribution in [2.24, 2.45) is 0 Å². The molecule has 0 bridgehead atoms. The molecule has 0 amide bonds. The Kier molecular flexibility index (Phi) is 19.5. The van der Waals surface area contributed by atoms with Crippen LogP contribution in [0.25, 0.3) is 22.5 Å². The van der Waals surface area contributed by atoms with Gasteiger partial charge in [0.25, 0.3) is 0 Å². The summed E-state index contributed by atoms with van der Waals surface area (Å²) in [6, 6.07) is 20.0. The van der Waals surface area contributed by atoms with Crippen LogP contribution in [0.5, 0.6) is 34.5 Å². The number of methoxy groups -OCH3 is 6. The topological polar surface area (TPSA) is 237 Å². The van der Waals surface area contributed by atoms with Crippen LogP contribution in [0.15, 0.2) is 85.0 Å². The standard InChI is InChI=1S/C35H42N4O6.2C4H4O4/c1-40-30-18-24(19-31(41-2)34(30)44-5)28-12-7-10-26(36-28)22-38-14-9-15-39(17-16-38)23-27-11-8-13-29(37-27)25-20-32(42-3)35(45-6)33(21-25)43-4;2*5-3(6)1-2-4(7)8/h7-8,10-13,18-21H,9,14-17,22-23H2,1-6H3;2*1-2H,(H,5,6)(H,7,8). The second-order valence-electron chi connectivity index (χ2n) is 12.8. The van der Waals surface area contributed by atoms with Gasteiger partial charge in [0.1, 0.15) is 0 Å². The van der Waals surface area contributed by atoms with Gasteiger partial charge in [-0.3, -0.25) is 19.8 Å². The molecule has 0 radical (unpaired) electrons. The number of pyridine rings is 2. The van der Waals surface area contributed by atoms with E-state index in [9.17, 15) is 19.2 Å². The molecule has 0 atom stereocenters. The van der Waals surface area contributed by atoms with Crippen molar-refractivity contribution >= 4 is 23.9 Å². The van der Waals surface area contributed by atoms with Crippen molar-refractivity contribution in [1.29, 1.82) is 0 Å². The zero-order chi connectivity index (χ0) is 44.9. The van der Waals surface area contributed by atoms with E-state index in [1.807, 2.05) is 36.4 Å². The number of carbonyl (C=O) groups is 4. The molecule has 0 aliphatic carbocycles. The van der Waals surface area contributed by atoms with E-state index >= 15 is 0 Å². The quantitative estimate of drug-likeness (QED) is 0.109. The summed E-state index contributed by atoms with van der Waals surface area (Å²) in [6.45, 7) is 5.46. The molecule has 1 aliphatic heterocycles. The number of hydrogen-bond donors (Lipinski definition) is 4. The van der Waals surface area contributed by atoms with Crippen LogP contribution in [0, 0.1) is 0 Å². The van der Waals surface area contributed by atoms with Crippen molar-refractivity contribution in [2.45, 2.75) is 19.5 Å². The van der Waals surface area contributed by atoms with Gasteiger partial charge in [0.05, 0.1) is 65.4 Å². The van der Waals surface area contributed by atoms with Gasteiger partial charge in [-0.2, -0.15) is 0 Å². The third kappa shape index (κ3) is 15.5. The smallest absolute Gasteiger partial charge is 0.328 e. The monoisotopic (exact) mass is 846 g/mol. The molecule has 1 saturated heterocycles. The summed E-state index contributed by atoms with van der Waals surface area (Å²) in [5, 5.41) is 31.2. The minimum absolute atomic E-state index is 0.558. The van der Waals surface area contributed by atoms with E-state index < -0.39 is 23.9 Å². The first-order valence-corrected chi connectivity index (χ1v) is 18.5. The van der Waals surface area contributed by atoms with Gasteiger partial charge in [-0.05, 0) is 68.0 Å². The summed E-state index contributed by atoms with van der Waals surface area (Å²) in [4.78, 5) is 53.1. The Hall–Kier alpha value is -7.18. The van der Waals surface area contributed by atoms with E-state index in [2.05, 4.69) is 34.1 Å². The highest BCUT2D eigenvalue weighted by Gasteiger charge is 2.19. The van der Waals surface area contributed by atoms with E-state index in [-0.39, 0.29) is 0 Å². The summed E-state index contributed by atoms with van der Waals surface area (Å²) in [7, 11) is 9.69. The Balaban J connectivity index is 0.000000524. The Morgan fingerprint density at radius 1 is 0.508 bits per heavy atom. The maximum absolute atomic E-state index is 9.55. The Bertz CT molecular complexity index is 1940. The van der Waals surface area contributed by atoms with Crippen LogP contribution in [0.3, 0.4) is 0 Å². The lowest BCUT2D eigenvalue weighted by Crippen LogP contribution is -2.30. The average molecular weight is 847 g/mol. The Morgan fingerprint density at radius 2 is 0.820 bits per heavy atom. The van der Waals surface area contributed by atoms with Crippen LogP contribution in [0.1, 0.15) is 17.8 Å². The predicted octanol–water partition coefficient (Wildman–Crippen LogP) is 4.99. The van der Waals surface area contributed by atoms with Gasteiger partial charge >= 0.3 is 23.9 Å². The van der Waals surface area contributed by atoms with Crippen LogP contribution in [-0.4, -0.2) is 133 Å². The fourth-order valence-corrected chi connectivity index (χ4v) is 6.00. The van der Waals surface area contributed by atoms with Crippen molar-refractivity contribution in [3.8, 4) is 57.0 Å². The summed E-state index contributed by atoms with van der Waals surface area (Å²) in [5.74, 6) is -1.47. The van der Waals surface area contributed by atoms with Crippen LogP contribution in [0.2, 0.25) is 0 Å². The Morgan fingerprint density at radius 3 is 1.08 bits per heavy atom. The third-order valence-corrected chi connectivity index (χ3v) is 8.72. The number of aliphatic carboxylic acids is 4. The molecule has 0 saturated carbocycles. The van der Waals surface area contributed by atoms with E-state index in [4.69, 9.17) is 58.8 Å². The minimum atomic E-state index is -1.26. The average Bonchev–Trinajstić information content (AvgIpc) is 3.48. The molecule has 18 nitrogen and oxygen atoms in total. The Labute approximate surface area is 352 Å². The van der Waals surface area contributed by atoms with Gasteiger partial charge in [-0.15, -0.1) is 0 Å². The molecule has 18 heteroatoms. The highest BCUT2D eigenvalue weighted by Crippen LogP contribution is 2.42. The van der Waals surface area contributed by atoms with E-state index in [1.165, 1.54) is 0 Å². The van der Waals surface area contributed by atoms with Gasteiger partial charge < -0.3 is 48.8 Å². The highest BCUT2D eigenvalue weighted by atomic mass is 16.5. The number of carboxylic acid groups (broad SMARTS) is 4. The SMILES string of the molecule is COc1cc(-c2cccc(CN3CCCN(Cc4cccc(-c5cc(OC)c(OC)c(OC)c5)n4)CC3)n2)cc(OC)c1OC.O=C(O)C=CC(=O)O.O=C(O)C=CC(=O)O. The van der Waals surface area contributed by atoms with Crippen molar-refractivity contribution in [3.05, 3.63) is 96.4 Å². The van der Waals surface area contributed by atoms with E-state index in [1.54, 1.807) is 42.7 Å². The van der Waals surface area contributed by atoms with Crippen molar-refractivity contribution in [2.75, 3.05) is 68.8 Å². The summed E-state index contributed by atoms with van der Waals surface area (Å²) in [6.07, 6.45) is 3.30. The molecule has 0 unspecified atom stereocenters. The first-order chi connectivity index (χ1) is 29.2. The van der Waals surface area contributed by atoms with Crippen LogP contribution in [0.4, 0.5) is 0 Å². The molecule has 5 rings (SSSR count). The summed E-state index contributed by atoms with van der Waals surface area (Å²) in [5.41, 5.74) is 5.59. The number of benzene rings is 2.